The van der Waals surface area contributed by atoms with Gasteiger partial charge in [0.1, 0.15) is 0 Å². The minimum absolute atomic E-state index is 0.0505. The van der Waals surface area contributed by atoms with Crippen molar-refractivity contribution in [2.24, 2.45) is 5.92 Å². The zero-order chi connectivity index (χ0) is 21.8. The van der Waals surface area contributed by atoms with Crippen molar-refractivity contribution >= 4 is 27.5 Å². The van der Waals surface area contributed by atoms with Gasteiger partial charge in [-0.25, -0.2) is 8.42 Å². The first-order valence-electron chi connectivity index (χ1n) is 10.7. The minimum atomic E-state index is -3.57. The summed E-state index contributed by atoms with van der Waals surface area (Å²) in [4.78, 5) is 27.0. The third-order valence-corrected chi connectivity index (χ3v) is 7.75. The molecule has 2 aromatic carbocycles. The van der Waals surface area contributed by atoms with Gasteiger partial charge in [-0.1, -0.05) is 42.8 Å². The monoisotopic (exact) mass is 441 g/mol. The Bertz CT molecular complexity index is 1050. The van der Waals surface area contributed by atoms with Crippen LogP contribution in [0.5, 0.6) is 0 Å². The van der Waals surface area contributed by atoms with Crippen molar-refractivity contribution < 1.29 is 18.0 Å². The first-order chi connectivity index (χ1) is 14.9. The molecule has 0 aromatic heterocycles. The number of nitrogens with one attached hydrogen (secondary N) is 1. The molecule has 2 aliphatic heterocycles. The van der Waals surface area contributed by atoms with Crippen LogP contribution in [0.3, 0.4) is 0 Å². The van der Waals surface area contributed by atoms with Crippen molar-refractivity contribution in [2.45, 2.75) is 37.1 Å². The average molecular weight is 442 g/mol. The molecule has 2 aliphatic rings. The van der Waals surface area contributed by atoms with E-state index in [1.54, 1.807) is 23.1 Å². The summed E-state index contributed by atoms with van der Waals surface area (Å²) in [6.45, 7) is 1.89. The van der Waals surface area contributed by atoms with E-state index in [2.05, 4.69) is 5.32 Å². The lowest BCUT2D eigenvalue weighted by molar-refractivity contribution is -0.128. The Morgan fingerprint density at radius 2 is 1.74 bits per heavy atom. The number of hydrogen-bond donors (Lipinski definition) is 1. The van der Waals surface area contributed by atoms with Crippen LogP contribution < -0.4 is 5.32 Å². The summed E-state index contributed by atoms with van der Waals surface area (Å²) < 4.78 is 27.3. The molecule has 2 heterocycles. The SMILES string of the molecule is O=C(Nc1cccc(S(=O)(=O)N2CCCCC2)c1)C1CC(=O)N(Cc2ccccc2)C1. The third kappa shape index (κ3) is 4.97. The summed E-state index contributed by atoms with van der Waals surface area (Å²) in [6.07, 6.45) is 2.93. The largest absolute Gasteiger partial charge is 0.338 e. The van der Waals surface area contributed by atoms with Gasteiger partial charge in [0, 0.05) is 38.3 Å². The van der Waals surface area contributed by atoms with Crippen LogP contribution in [-0.2, 0) is 26.2 Å². The summed E-state index contributed by atoms with van der Waals surface area (Å²) in [5.41, 5.74) is 1.45. The van der Waals surface area contributed by atoms with Gasteiger partial charge in [0.2, 0.25) is 21.8 Å². The molecule has 1 N–H and O–H groups in total. The summed E-state index contributed by atoms with van der Waals surface area (Å²) in [5.74, 6) is -0.777. The Hall–Kier alpha value is -2.71. The van der Waals surface area contributed by atoms with E-state index < -0.39 is 15.9 Å². The van der Waals surface area contributed by atoms with Crippen molar-refractivity contribution in [3.8, 4) is 0 Å². The second-order valence-corrected chi connectivity index (χ2v) is 10.1. The molecule has 0 bridgehead atoms. The van der Waals surface area contributed by atoms with Crippen molar-refractivity contribution in [3.05, 3.63) is 60.2 Å². The van der Waals surface area contributed by atoms with E-state index in [1.807, 2.05) is 30.3 Å². The van der Waals surface area contributed by atoms with Gasteiger partial charge in [-0.15, -0.1) is 0 Å². The van der Waals surface area contributed by atoms with Crippen LogP contribution in [0.15, 0.2) is 59.5 Å². The van der Waals surface area contributed by atoms with Crippen molar-refractivity contribution in [3.63, 3.8) is 0 Å². The van der Waals surface area contributed by atoms with Crippen LogP contribution in [0.25, 0.3) is 0 Å². The fraction of sp³-hybridized carbons (Fsp3) is 0.391. The maximum atomic E-state index is 12.9. The molecule has 1 unspecified atom stereocenters. The summed E-state index contributed by atoms with van der Waals surface area (Å²) >= 11 is 0. The number of rotatable bonds is 6. The second-order valence-electron chi connectivity index (χ2n) is 8.14. The first kappa shape index (κ1) is 21.5. The van der Waals surface area contributed by atoms with Crippen LogP contribution in [0.4, 0.5) is 5.69 Å². The van der Waals surface area contributed by atoms with Gasteiger partial charge in [0.15, 0.2) is 0 Å². The number of benzene rings is 2. The number of carbonyl (C=O) groups is 2. The van der Waals surface area contributed by atoms with E-state index in [0.717, 1.165) is 24.8 Å². The number of amides is 2. The Morgan fingerprint density at radius 1 is 1.00 bits per heavy atom. The van der Waals surface area contributed by atoms with E-state index in [0.29, 0.717) is 31.9 Å². The van der Waals surface area contributed by atoms with E-state index >= 15 is 0 Å². The summed E-state index contributed by atoms with van der Waals surface area (Å²) in [7, 11) is -3.57. The molecule has 1 atom stereocenters. The van der Waals surface area contributed by atoms with Gasteiger partial charge in [0.05, 0.1) is 10.8 Å². The predicted octanol–water partition coefficient (Wildman–Crippen LogP) is 2.85. The Kier molecular flexibility index (Phi) is 6.38. The predicted molar refractivity (Wildman–Crippen MR) is 118 cm³/mol. The Morgan fingerprint density at radius 3 is 2.48 bits per heavy atom. The molecule has 0 aliphatic carbocycles. The van der Waals surface area contributed by atoms with E-state index in [9.17, 15) is 18.0 Å². The van der Waals surface area contributed by atoms with Gasteiger partial charge in [-0.3, -0.25) is 9.59 Å². The summed E-state index contributed by atoms with van der Waals surface area (Å²) in [6, 6.07) is 16.0. The molecule has 2 fully saturated rings. The highest BCUT2D eigenvalue weighted by molar-refractivity contribution is 7.89. The van der Waals surface area contributed by atoms with Crippen LogP contribution in [0.2, 0.25) is 0 Å². The van der Waals surface area contributed by atoms with Crippen LogP contribution in [0.1, 0.15) is 31.2 Å². The second kappa shape index (κ2) is 9.20. The Labute approximate surface area is 183 Å². The highest BCUT2D eigenvalue weighted by Crippen LogP contribution is 2.25. The molecule has 31 heavy (non-hydrogen) atoms. The van der Waals surface area contributed by atoms with Gasteiger partial charge in [-0.05, 0) is 36.6 Å². The lowest BCUT2D eigenvalue weighted by Gasteiger charge is -2.26. The van der Waals surface area contributed by atoms with Crippen molar-refractivity contribution in [1.82, 2.24) is 9.21 Å². The number of sulfonamides is 1. The molecule has 0 spiro atoms. The van der Waals surface area contributed by atoms with Crippen molar-refractivity contribution in [1.29, 1.82) is 0 Å². The Balaban J connectivity index is 1.41. The zero-order valence-corrected chi connectivity index (χ0v) is 18.2. The molecule has 2 aromatic rings. The van der Waals surface area contributed by atoms with Crippen molar-refractivity contribution in [2.75, 3.05) is 25.0 Å². The molecule has 0 radical (unpaired) electrons. The van der Waals surface area contributed by atoms with Gasteiger partial charge in [-0.2, -0.15) is 4.31 Å². The molecule has 4 rings (SSSR count). The smallest absolute Gasteiger partial charge is 0.243 e. The molecule has 0 saturated carbocycles. The lowest BCUT2D eigenvalue weighted by atomic mass is 10.1. The highest BCUT2D eigenvalue weighted by Gasteiger charge is 2.34. The number of hydrogen-bond acceptors (Lipinski definition) is 4. The molecular formula is C23H27N3O4S. The van der Waals surface area contributed by atoms with Crippen LogP contribution in [-0.4, -0.2) is 49.1 Å². The third-order valence-electron chi connectivity index (χ3n) is 5.86. The minimum Gasteiger partial charge on any atom is -0.338 e. The number of anilines is 1. The van der Waals surface area contributed by atoms with Gasteiger partial charge >= 0.3 is 0 Å². The van der Waals surface area contributed by atoms with Gasteiger partial charge in [0.25, 0.3) is 0 Å². The van der Waals surface area contributed by atoms with Crippen LogP contribution in [0, 0.1) is 5.92 Å². The standard InChI is InChI=1S/C23H27N3O4S/c27-22-14-19(17-25(22)16-18-8-3-1-4-9-18)23(28)24-20-10-7-11-21(15-20)31(29,30)26-12-5-2-6-13-26/h1,3-4,7-11,15,19H,2,5-6,12-14,16-17H2,(H,24,28). The number of likely N-dealkylation sites (tertiary alicyclic amines) is 1. The average Bonchev–Trinajstić information content (AvgIpc) is 3.15. The fourth-order valence-electron chi connectivity index (χ4n) is 4.14. The number of carbonyl (C=O) groups excluding carboxylic acids is 2. The molecule has 2 saturated heterocycles. The maximum absolute atomic E-state index is 12.9. The molecule has 164 valence electrons. The van der Waals surface area contributed by atoms with E-state index in [-0.39, 0.29) is 23.1 Å². The van der Waals surface area contributed by atoms with Crippen LogP contribution >= 0.6 is 0 Å². The topological polar surface area (TPSA) is 86.8 Å². The van der Waals surface area contributed by atoms with Gasteiger partial charge < -0.3 is 10.2 Å². The number of piperidine rings is 1. The maximum Gasteiger partial charge on any atom is 0.243 e. The summed E-state index contributed by atoms with van der Waals surface area (Å²) in [5, 5.41) is 2.80. The molecule has 7 nitrogen and oxygen atoms in total. The molecule has 8 heteroatoms. The van der Waals surface area contributed by atoms with E-state index in [4.69, 9.17) is 0 Å². The normalized spacial score (nSPS) is 20.1. The molecule has 2 amide bonds. The fourth-order valence-corrected chi connectivity index (χ4v) is 5.70. The highest BCUT2D eigenvalue weighted by atomic mass is 32.2. The zero-order valence-electron chi connectivity index (χ0n) is 17.4. The molecular weight excluding hydrogens is 414 g/mol. The lowest BCUT2D eigenvalue weighted by Crippen LogP contribution is -2.35. The number of nitrogens with zero attached hydrogens (tertiary/aromatic N) is 2. The first-order valence-corrected chi connectivity index (χ1v) is 12.1. The quantitative estimate of drug-likeness (QED) is 0.747. The van der Waals surface area contributed by atoms with E-state index in [1.165, 1.54) is 10.4 Å².